The molecule has 0 saturated heterocycles. The zero-order valence-electron chi connectivity index (χ0n) is 8.68. The SMILES string of the molecule is Nc1ccc(NCCc2ncno2)cc1N. The van der Waals surface area contributed by atoms with Crippen LogP contribution in [0, 0.1) is 0 Å². The van der Waals surface area contributed by atoms with Gasteiger partial charge in [-0.05, 0) is 18.2 Å². The molecular formula is C10H13N5O. The lowest BCUT2D eigenvalue weighted by molar-refractivity contribution is 0.380. The summed E-state index contributed by atoms with van der Waals surface area (Å²) in [5, 5.41) is 6.71. The van der Waals surface area contributed by atoms with Crippen LogP contribution in [0.1, 0.15) is 5.89 Å². The molecular weight excluding hydrogens is 206 g/mol. The molecule has 0 radical (unpaired) electrons. The first-order chi connectivity index (χ1) is 7.75. The van der Waals surface area contributed by atoms with E-state index >= 15 is 0 Å². The summed E-state index contributed by atoms with van der Waals surface area (Å²) in [6.07, 6.45) is 2.06. The minimum Gasteiger partial charge on any atom is -0.397 e. The Kier molecular flexibility index (Phi) is 2.90. The Bertz CT molecular complexity index is 454. The average Bonchev–Trinajstić information content (AvgIpc) is 2.76. The van der Waals surface area contributed by atoms with Gasteiger partial charge in [0.25, 0.3) is 0 Å². The van der Waals surface area contributed by atoms with Gasteiger partial charge in [0.05, 0.1) is 11.4 Å². The fourth-order valence-electron chi connectivity index (χ4n) is 1.30. The van der Waals surface area contributed by atoms with Crippen LogP contribution in [0.3, 0.4) is 0 Å². The number of hydrogen-bond donors (Lipinski definition) is 3. The van der Waals surface area contributed by atoms with Gasteiger partial charge in [0.15, 0.2) is 6.33 Å². The average molecular weight is 219 g/mol. The van der Waals surface area contributed by atoms with Crippen molar-refractivity contribution in [2.24, 2.45) is 0 Å². The van der Waals surface area contributed by atoms with E-state index in [1.165, 1.54) is 6.33 Å². The van der Waals surface area contributed by atoms with Gasteiger partial charge in [0, 0.05) is 18.7 Å². The van der Waals surface area contributed by atoms with Crippen molar-refractivity contribution in [1.82, 2.24) is 10.1 Å². The standard InChI is InChI=1S/C10H13N5O/c11-8-2-1-7(5-9(8)12)13-4-3-10-14-6-15-16-10/h1-2,5-6,13H,3-4,11-12H2. The third-order valence-electron chi connectivity index (χ3n) is 2.16. The Morgan fingerprint density at radius 2 is 2.12 bits per heavy atom. The quantitative estimate of drug-likeness (QED) is 0.660. The first-order valence-electron chi connectivity index (χ1n) is 4.90. The summed E-state index contributed by atoms with van der Waals surface area (Å²) in [4.78, 5) is 3.92. The number of rotatable bonds is 4. The van der Waals surface area contributed by atoms with Gasteiger partial charge in [-0.1, -0.05) is 5.16 Å². The smallest absolute Gasteiger partial charge is 0.228 e. The maximum Gasteiger partial charge on any atom is 0.228 e. The van der Waals surface area contributed by atoms with Crippen LogP contribution in [0.4, 0.5) is 17.1 Å². The summed E-state index contributed by atoms with van der Waals surface area (Å²) in [7, 11) is 0. The van der Waals surface area contributed by atoms with E-state index in [2.05, 4.69) is 15.5 Å². The maximum absolute atomic E-state index is 5.68. The van der Waals surface area contributed by atoms with E-state index in [1.807, 2.05) is 6.07 Å². The van der Waals surface area contributed by atoms with E-state index in [9.17, 15) is 0 Å². The van der Waals surface area contributed by atoms with Crippen molar-refractivity contribution in [1.29, 1.82) is 0 Å². The molecule has 0 aliphatic carbocycles. The van der Waals surface area contributed by atoms with Gasteiger partial charge in [-0.3, -0.25) is 0 Å². The van der Waals surface area contributed by atoms with Gasteiger partial charge >= 0.3 is 0 Å². The highest BCUT2D eigenvalue weighted by Gasteiger charge is 2.00. The third-order valence-corrected chi connectivity index (χ3v) is 2.16. The van der Waals surface area contributed by atoms with Crippen molar-refractivity contribution in [3.05, 3.63) is 30.4 Å². The number of benzene rings is 1. The molecule has 0 fully saturated rings. The second-order valence-corrected chi connectivity index (χ2v) is 3.36. The normalized spacial score (nSPS) is 10.2. The van der Waals surface area contributed by atoms with E-state index in [1.54, 1.807) is 12.1 Å². The molecule has 1 aromatic carbocycles. The number of anilines is 3. The molecule has 1 aromatic heterocycles. The number of hydrogen-bond acceptors (Lipinski definition) is 6. The van der Waals surface area contributed by atoms with E-state index in [0.717, 1.165) is 5.69 Å². The van der Waals surface area contributed by atoms with Gasteiger partial charge in [-0.15, -0.1) is 0 Å². The van der Waals surface area contributed by atoms with E-state index in [-0.39, 0.29) is 0 Å². The molecule has 0 spiro atoms. The lowest BCUT2D eigenvalue weighted by Gasteiger charge is -2.06. The van der Waals surface area contributed by atoms with E-state index < -0.39 is 0 Å². The van der Waals surface area contributed by atoms with Crippen molar-refractivity contribution in [2.75, 3.05) is 23.3 Å². The molecule has 0 bridgehead atoms. The molecule has 2 rings (SSSR count). The van der Waals surface area contributed by atoms with E-state index in [0.29, 0.717) is 30.2 Å². The first-order valence-corrected chi connectivity index (χ1v) is 4.90. The lowest BCUT2D eigenvalue weighted by Crippen LogP contribution is -2.06. The van der Waals surface area contributed by atoms with Crippen LogP contribution in [0.5, 0.6) is 0 Å². The summed E-state index contributed by atoms with van der Waals surface area (Å²) >= 11 is 0. The summed E-state index contributed by atoms with van der Waals surface area (Å²) in [5.41, 5.74) is 13.4. The molecule has 16 heavy (non-hydrogen) atoms. The van der Waals surface area contributed by atoms with Crippen molar-refractivity contribution in [2.45, 2.75) is 6.42 Å². The molecule has 6 nitrogen and oxygen atoms in total. The molecule has 0 amide bonds. The summed E-state index contributed by atoms with van der Waals surface area (Å²) in [6.45, 7) is 0.700. The van der Waals surface area contributed by atoms with E-state index in [4.69, 9.17) is 16.0 Å². The Morgan fingerprint density at radius 3 is 2.81 bits per heavy atom. The van der Waals surface area contributed by atoms with Crippen molar-refractivity contribution < 1.29 is 4.52 Å². The minimum atomic E-state index is 0.572. The van der Waals surface area contributed by atoms with Gasteiger partial charge < -0.3 is 21.3 Å². The largest absolute Gasteiger partial charge is 0.397 e. The molecule has 0 atom stereocenters. The van der Waals surface area contributed by atoms with Gasteiger partial charge in [0.2, 0.25) is 5.89 Å². The minimum absolute atomic E-state index is 0.572. The second kappa shape index (κ2) is 4.52. The Morgan fingerprint density at radius 1 is 1.25 bits per heavy atom. The van der Waals surface area contributed by atoms with Crippen LogP contribution in [-0.2, 0) is 6.42 Å². The van der Waals surface area contributed by atoms with Crippen molar-refractivity contribution in [3.63, 3.8) is 0 Å². The van der Waals surface area contributed by atoms with Gasteiger partial charge in [-0.25, -0.2) is 0 Å². The Hall–Kier alpha value is -2.24. The molecule has 0 saturated carbocycles. The number of nitrogen functional groups attached to an aromatic ring is 2. The van der Waals surface area contributed by atoms with Crippen LogP contribution in [-0.4, -0.2) is 16.7 Å². The fourth-order valence-corrected chi connectivity index (χ4v) is 1.30. The van der Waals surface area contributed by atoms with Crippen molar-refractivity contribution in [3.8, 4) is 0 Å². The molecule has 6 heteroatoms. The lowest BCUT2D eigenvalue weighted by atomic mass is 10.2. The molecule has 0 unspecified atom stereocenters. The maximum atomic E-state index is 5.68. The predicted molar refractivity (Wildman–Crippen MR) is 61.8 cm³/mol. The number of nitrogens with one attached hydrogen (secondary N) is 1. The van der Waals surface area contributed by atoms with Crippen LogP contribution >= 0.6 is 0 Å². The zero-order valence-corrected chi connectivity index (χ0v) is 8.68. The molecule has 5 N–H and O–H groups in total. The number of nitrogens with two attached hydrogens (primary N) is 2. The summed E-state index contributed by atoms with van der Waals surface area (Å²) in [6, 6.07) is 5.44. The zero-order chi connectivity index (χ0) is 11.4. The van der Waals surface area contributed by atoms with Crippen LogP contribution in [0.25, 0.3) is 0 Å². The highest BCUT2D eigenvalue weighted by Crippen LogP contribution is 2.19. The summed E-state index contributed by atoms with van der Waals surface area (Å²) < 4.78 is 4.87. The number of nitrogens with zero attached hydrogens (tertiary/aromatic N) is 2. The second-order valence-electron chi connectivity index (χ2n) is 3.36. The Balaban J connectivity index is 1.87. The molecule has 0 aliphatic heterocycles. The van der Waals surface area contributed by atoms with Crippen LogP contribution < -0.4 is 16.8 Å². The molecule has 0 aliphatic rings. The van der Waals surface area contributed by atoms with Gasteiger partial charge in [0.1, 0.15) is 0 Å². The third kappa shape index (κ3) is 2.41. The fraction of sp³-hybridized carbons (Fsp3) is 0.200. The van der Waals surface area contributed by atoms with Gasteiger partial charge in [-0.2, -0.15) is 4.98 Å². The van der Waals surface area contributed by atoms with Crippen LogP contribution in [0.2, 0.25) is 0 Å². The molecule has 84 valence electrons. The van der Waals surface area contributed by atoms with Crippen molar-refractivity contribution >= 4 is 17.1 Å². The summed E-state index contributed by atoms with van der Waals surface area (Å²) in [5.74, 6) is 0.607. The number of aromatic nitrogens is 2. The topological polar surface area (TPSA) is 103 Å². The predicted octanol–water partition coefficient (Wildman–Crippen LogP) is 0.889. The molecule has 1 heterocycles. The van der Waals surface area contributed by atoms with Crippen LogP contribution in [0.15, 0.2) is 29.0 Å². The first kappa shape index (κ1) is 10.3. The highest BCUT2D eigenvalue weighted by molar-refractivity contribution is 5.69. The monoisotopic (exact) mass is 219 g/mol. The highest BCUT2D eigenvalue weighted by atomic mass is 16.5. The molecule has 2 aromatic rings. The Labute approximate surface area is 92.6 Å².